The summed E-state index contributed by atoms with van der Waals surface area (Å²) >= 11 is 6.07. The maximum Gasteiger partial charge on any atom is 0.335 e. The van der Waals surface area contributed by atoms with Gasteiger partial charge in [-0.15, -0.1) is 0 Å². The summed E-state index contributed by atoms with van der Waals surface area (Å²) in [4.78, 5) is 37.7. The highest BCUT2D eigenvalue weighted by molar-refractivity contribution is 6.39. The van der Waals surface area contributed by atoms with Crippen molar-refractivity contribution in [2.24, 2.45) is 0 Å². The molecular weight excluding hydrogens is 328 g/mol. The fraction of sp³-hybridized carbons (Fsp3) is 0.0556. The zero-order valence-corrected chi connectivity index (χ0v) is 13.5. The van der Waals surface area contributed by atoms with Crippen molar-refractivity contribution in [3.63, 3.8) is 0 Å². The highest BCUT2D eigenvalue weighted by Gasteiger charge is 2.36. The van der Waals surface area contributed by atoms with Crippen LogP contribution >= 0.6 is 11.6 Å². The van der Waals surface area contributed by atoms with Gasteiger partial charge in [-0.05, 0) is 36.3 Å². The van der Waals surface area contributed by atoms with E-state index >= 15 is 0 Å². The molecule has 0 radical (unpaired) electrons. The van der Waals surface area contributed by atoms with Gasteiger partial charge in [-0.1, -0.05) is 48.0 Å². The molecule has 0 aromatic heterocycles. The number of barbiturate groups is 1. The number of carbonyl (C=O) groups excluding carboxylic acids is 3. The topological polar surface area (TPSA) is 66.5 Å². The molecule has 1 heterocycles. The van der Waals surface area contributed by atoms with Crippen molar-refractivity contribution in [1.29, 1.82) is 0 Å². The summed E-state index contributed by atoms with van der Waals surface area (Å²) in [5.74, 6) is -1.41. The number of nitrogens with one attached hydrogen (secondary N) is 1. The molecule has 1 aliphatic rings. The number of carbonyl (C=O) groups is 3. The molecule has 3 rings (SSSR count). The summed E-state index contributed by atoms with van der Waals surface area (Å²) in [6.45, 7) is 1.81. The molecule has 0 aliphatic carbocycles. The molecular formula is C18H13ClN2O3. The highest BCUT2D eigenvalue weighted by Crippen LogP contribution is 2.26. The first-order valence-electron chi connectivity index (χ1n) is 7.20. The molecule has 0 unspecified atom stereocenters. The van der Waals surface area contributed by atoms with Gasteiger partial charge < -0.3 is 0 Å². The molecule has 6 heteroatoms. The van der Waals surface area contributed by atoms with Gasteiger partial charge >= 0.3 is 6.03 Å². The van der Waals surface area contributed by atoms with Crippen LogP contribution in [0.25, 0.3) is 6.08 Å². The van der Waals surface area contributed by atoms with Gasteiger partial charge in [0, 0.05) is 5.02 Å². The van der Waals surface area contributed by atoms with E-state index in [2.05, 4.69) is 5.32 Å². The number of anilines is 1. The molecule has 1 saturated heterocycles. The lowest BCUT2D eigenvalue weighted by molar-refractivity contribution is -0.122. The molecule has 24 heavy (non-hydrogen) atoms. The number of benzene rings is 2. The van der Waals surface area contributed by atoms with Crippen LogP contribution in [-0.4, -0.2) is 17.8 Å². The Balaban J connectivity index is 2.03. The lowest BCUT2D eigenvalue weighted by atomic mass is 10.1. The van der Waals surface area contributed by atoms with Gasteiger partial charge in [0.15, 0.2) is 0 Å². The summed E-state index contributed by atoms with van der Waals surface area (Å²) < 4.78 is 0. The Morgan fingerprint density at radius 3 is 2.42 bits per heavy atom. The second-order valence-corrected chi connectivity index (χ2v) is 5.71. The molecule has 4 amide bonds. The van der Waals surface area contributed by atoms with Crippen molar-refractivity contribution in [3.8, 4) is 0 Å². The average molecular weight is 341 g/mol. The minimum atomic E-state index is -0.796. The van der Waals surface area contributed by atoms with Crippen molar-refractivity contribution >= 4 is 41.2 Å². The van der Waals surface area contributed by atoms with Gasteiger partial charge in [0.1, 0.15) is 5.57 Å². The molecule has 0 atom stereocenters. The van der Waals surface area contributed by atoms with Crippen LogP contribution in [-0.2, 0) is 9.59 Å². The van der Waals surface area contributed by atoms with Crippen LogP contribution in [0.15, 0.2) is 54.1 Å². The second kappa shape index (κ2) is 6.29. The normalized spacial score (nSPS) is 16.5. The van der Waals surface area contributed by atoms with Crippen molar-refractivity contribution in [1.82, 2.24) is 5.32 Å². The summed E-state index contributed by atoms with van der Waals surface area (Å²) in [5, 5.41) is 2.61. The maximum atomic E-state index is 12.7. The predicted octanol–water partition coefficient (Wildman–Crippen LogP) is 3.31. The lowest BCUT2D eigenvalue weighted by Gasteiger charge is -2.26. The van der Waals surface area contributed by atoms with Crippen LogP contribution < -0.4 is 10.2 Å². The zero-order chi connectivity index (χ0) is 17.3. The Hall–Kier alpha value is -2.92. The Kier molecular flexibility index (Phi) is 4.18. The monoisotopic (exact) mass is 340 g/mol. The van der Waals surface area contributed by atoms with E-state index < -0.39 is 17.8 Å². The summed E-state index contributed by atoms with van der Waals surface area (Å²) in [7, 11) is 0. The number of halogens is 1. The van der Waals surface area contributed by atoms with Crippen molar-refractivity contribution in [2.45, 2.75) is 6.92 Å². The van der Waals surface area contributed by atoms with Crippen LogP contribution in [0.4, 0.5) is 10.5 Å². The summed E-state index contributed by atoms with van der Waals surface area (Å²) in [6, 6.07) is 13.0. The zero-order valence-electron chi connectivity index (χ0n) is 12.7. The number of urea groups is 1. The average Bonchev–Trinajstić information content (AvgIpc) is 2.55. The van der Waals surface area contributed by atoms with Crippen LogP contribution in [0.1, 0.15) is 11.1 Å². The number of aryl methyl sites for hydroxylation is 1. The van der Waals surface area contributed by atoms with Crippen molar-refractivity contribution < 1.29 is 14.4 Å². The fourth-order valence-electron chi connectivity index (χ4n) is 2.33. The minimum absolute atomic E-state index is 0.113. The smallest absolute Gasteiger partial charge is 0.273 e. The Labute approximate surface area is 143 Å². The standard InChI is InChI=1S/C18H13ClN2O3/c1-11-7-8-13(10-15(11)19)21-17(23)14(16(22)20-18(21)24)9-12-5-3-2-4-6-12/h2-10H,1H3,(H,20,22,24)/b14-9-. The molecule has 1 N–H and O–H groups in total. The Bertz CT molecular complexity index is 875. The molecule has 1 fully saturated rings. The van der Waals surface area contributed by atoms with Gasteiger partial charge in [-0.25, -0.2) is 9.69 Å². The summed E-state index contributed by atoms with van der Waals surface area (Å²) in [5.41, 5.74) is 1.70. The van der Waals surface area contributed by atoms with E-state index in [4.69, 9.17) is 11.6 Å². The van der Waals surface area contributed by atoms with Gasteiger partial charge in [0.25, 0.3) is 11.8 Å². The van der Waals surface area contributed by atoms with E-state index in [0.717, 1.165) is 10.5 Å². The number of nitrogens with zero attached hydrogens (tertiary/aromatic N) is 1. The van der Waals surface area contributed by atoms with Gasteiger partial charge in [0.05, 0.1) is 5.69 Å². The largest absolute Gasteiger partial charge is 0.335 e. The number of hydrogen-bond acceptors (Lipinski definition) is 3. The second-order valence-electron chi connectivity index (χ2n) is 5.30. The quantitative estimate of drug-likeness (QED) is 0.673. The van der Waals surface area contributed by atoms with E-state index in [0.29, 0.717) is 16.3 Å². The first-order valence-corrected chi connectivity index (χ1v) is 7.58. The highest BCUT2D eigenvalue weighted by atomic mass is 35.5. The molecule has 0 bridgehead atoms. The van der Waals surface area contributed by atoms with E-state index in [9.17, 15) is 14.4 Å². The third-order valence-corrected chi connectivity index (χ3v) is 4.03. The van der Waals surface area contributed by atoms with Crippen LogP contribution in [0.2, 0.25) is 5.02 Å². The van der Waals surface area contributed by atoms with Crippen molar-refractivity contribution in [2.75, 3.05) is 4.90 Å². The molecule has 2 aromatic carbocycles. The van der Waals surface area contributed by atoms with Crippen LogP contribution in [0.3, 0.4) is 0 Å². The van der Waals surface area contributed by atoms with Gasteiger partial charge in [-0.2, -0.15) is 0 Å². The molecule has 120 valence electrons. The fourth-order valence-corrected chi connectivity index (χ4v) is 2.50. The van der Waals surface area contributed by atoms with Crippen molar-refractivity contribution in [3.05, 3.63) is 70.3 Å². The van der Waals surface area contributed by atoms with E-state index in [1.807, 2.05) is 13.0 Å². The Morgan fingerprint density at radius 1 is 1.04 bits per heavy atom. The maximum absolute atomic E-state index is 12.7. The number of imide groups is 2. The number of hydrogen-bond donors (Lipinski definition) is 1. The first kappa shape index (κ1) is 16.0. The third-order valence-electron chi connectivity index (χ3n) is 3.63. The van der Waals surface area contributed by atoms with E-state index in [-0.39, 0.29) is 5.57 Å². The predicted molar refractivity (Wildman–Crippen MR) is 91.6 cm³/mol. The van der Waals surface area contributed by atoms with E-state index in [1.54, 1.807) is 36.4 Å². The van der Waals surface area contributed by atoms with E-state index in [1.165, 1.54) is 12.1 Å². The minimum Gasteiger partial charge on any atom is -0.273 e. The molecule has 0 saturated carbocycles. The third kappa shape index (κ3) is 2.94. The molecule has 2 aromatic rings. The number of rotatable bonds is 2. The Morgan fingerprint density at radius 2 is 1.75 bits per heavy atom. The number of amides is 4. The first-order chi connectivity index (χ1) is 11.5. The summed E-state index contributed by atoms with van der Waals surface area (Å²) in [6.07, 6.45) is 1.45. The molecule has 0 spiro atoms. The molecule has 5 nitrogen and oxygen atoms in total. The molecule has 1 aliphatic heterocycles. The lowest BCUT2D eigenvalue weighted by Crippen LogP contribution is -2.54. The SMILES string of the molecule is Cc1ccc(N2C(=O)NC(=O)/C(=C/c3ccccc3)C2=O)cc1Cl. The van der Waals surface area contributed by atoms with Crippen LogP contribution in [0, 0.1) is 6.92 Å². The van der Waals surface area contributed by atoms with Gasteiger partial charge in [-0.3, -0.25) is 14.9 Å². The van der Waals surface area contributed by atoms with Gasteiger partial charge in [0.2, 0.25) is 0 Å². The van der Waals surface area contributed by atoms with Crippen LogP contribution in [0.5, 0.6) is 0 Å².